The average molecular weight is 434 g/mol. The Balaban J connectivity index is 1.63. The van der Waals surface area contributed by atoms with Crippen LogP contribution in [0.3, 0.4) is 0 Å². The van der Waals surface area contributed by atoms with Crippen molar-refractivity contribution in [2.75, 3.05) is 12.0 Å². The molecule has 3 amide bonds. The van der Waals surface area contributed by atoms with Gasteiger partial charge in [0, 0.05) is 11.6 Å². The summed E-state index contributed by atoms with van der Waals surface area (Å²) in [6.45, 7) is 1.95. The number of ether oxygens (including phenoxy) is 1. The molecule has 166 valence electrons. The topological polar surface area (TPSA) is 84.0 Å². The highest BCUT2D eigenvalue weighted by atomic mass is 16.5. The van der Waals surface area contributed by atoms with E-state index in [1.807, 2.05) is 19.1 Å². The number of methoxy groups -OCH3 is 1. The lowest BCUT2D eigenvalue weighted by Gasteiger charge is -2.33. The van der Waals surface area contributed by atoms with Crippen molar-refractivity contribution in [2.45, 2.75) is 51.1 Å². The highest BCUT2D eigenvalue weighted by molar-refractivity contribution is 6.23. The maximum absolute atomic E-state index is 13.5. The van der Waals surface area contributed by atoms with Crippen LogP contribution in [0.15, 0.2) is 48.5 Å². The van der Waals surface area contributed by atoms with Gasteiger partial charge in [0.2, 0.25) is 5.91 Å². The molecule has 2 aromatic rings. The highest BCUT2D eigenvalue weighted by Gasteiger charge is 2.47. The van der Waals surface area contributed by atoms with Crippen LogP contribution in [-0.4, -0.2) is 47.8 Å². The van der Waals surface area contributed by atoms with Crippen molar-refractivity contribution in [1.82, 2.24) is 4.90 Å². The van der Waals surface area contributed by atoms with Crippen molar-refractivity contribution in [3.63, 3.8) is 0 Å². The molecule has 1 aliphatic heterocycles. The molecule has 0 bridgehead atoms. The predicted octanol–water partition coefficient (Wildman–Crippen LogP) is 3.50. The second-order valence-corrected chi connectivity index (χ2v) is 8.34. The Kier molecular flexibility index (Phi) is 6.08. The molecule has 4 rings (SSSR count). The molecule has 7 heteroatoms. The van der Waals surface area contributed by atoms with E-state index < -0.39 is 17.9 Å². The summed E-state index contributed by atoms with van der Waals surface area (Å²) in [6.07, 6.45) is 3.59. The Morgan fingerprint density at radius 2 is 1.53 bits per heavy atom. The summed E-state index contributed by atoms with van der Waals surface area (Å²) in [5, 5.41) is 0. The largest absolute Gasteiger partial charge is 0.465 e. The van der Waals surface area contributed by atoms with Gasteiger partial charge in [-0.05, 0) is 56.2 Å². The molecular weight excluding hydrogens is 408 g/mol. The standard InChI is InChI=1S/C25H26N2O5/c1-16-7-9-17(10-8-16)23(29)26(19-5-3-4-6-19)21-15-22(28)27(24(21)30)20-13-11-18(12-14-20)25(31)32-2/h7-14,19,21H,3-6,15H2,1-2H3. The Morgan fingerprint density at radius 1 is 0.938 bits per heavy atom. The lowest BCUT2D eigenvalue weighted by atomic mass is 10.0. The lowest BCUT2D eigenvalue weighted by Crippen LogP contribution is -2.50. The summed E-state index contributed by atoms with van der Waals surface area (Å²) >= 11 is 0. The van der Waals surface area contributed by atoms with Crippen molar-refractivity contribution in [1.29, 1.82) is 0 Å². The third-order valence-electron chi connectivity index (χ3n) is 6.26. The maximum atomic E-state index is 13.5. The van der Waals surface area contributed by atoms with E-state index in [1.165, 1.54) is 19.2 Å². The number of carbonyl (C=O) groups excluding carboxylic acids is 4. The van der Waals surface area contributed by atoms with E-state index in [4.69, 9.17) is 4.74 Å². The summed E-state index contributed by atoms with van der Waals surface area (Å²) in [6, 6.07) is 12.5. The maximum Gasteiger partial charge on any atom is 0.337 e. The third-order valence-corrected chi connectivity index (χ3v) is 6.26. The minimum Gasteiger partial charge on any atom is -0.465 e. The van der Waals surface area contributed by atoms with Crippen molar-refractivity contribution >= 4 is 29.4 Å². The molecule has 0 aromatic heterocycles. The second-order valence-electron chi connectivity index (χ2n) is 8.34. The molecule has 0 radical (unpaired) electrons. The number of rotatable bonds is 5. The summed E-state index contributed by atoms with van der Waals surface area (Å²) < 4.78 is 4.69. The Hall–Kier alpha value is -3.48. The van der Waals surface area contributed by atoms with Crippen LogP contribution >= 0.6 is 0 Å². The molecule has 1 saturated heterocycles. The molecule has 0 spiro atoms. The van der Waals surface area contributed by atoms with Gasteiger partial charge in [-0.25, -0.2) is 9.69 Å². The van der Waals surface area contributed by atoms with E-state index in [-0.39, 0.29) is 24.3 Å². The van der Waals surface area contributed by atoms with Gasteiger partial charge >= 0.3 is 5.97 Å². The molecule has 1 unspecified atom stereocenters. The lowest BCUT2D eigenvalue weighted by molar-refractivity contribution is -0.123. The number of benzene rings is 2. The summed E-state index contributed by atoms with van der Waals surface area (Å²) in [5.41, 5.74) is 2.27. The quantitative estimate of drug-likeness (QED) is 0.531. The van der Waals surface area contributed by atoms with Crippen LogP contribution in [-0.2, 0) is 14.3 Å². The van der Waals surface area contributed by atoms with E-state index in [9.17, 15) is 19.2 Å². The zero-order valence-corrected chi connectivity index (χ0v) is 18.2. The number of esters is 1. The molecule has 1 saturated carbocycles. The minimum atomic E-state index is -0.834. The molecule has 2 aromatic carbocycles. The van der Waals surface area contributed by atoms with Crippen molar-refractivity contribution in [2.24, 2.45) is 0 Å². The van der Waals surface area contributed by atoms with Crippen LogP contribution in [0.5, 0.6) is 0 Å². The van der Waals surface area contributed by atoms with E-state index >= 15 is 0 Å². The van der Waals surface area contributed by atoms with Gasteiger partial charge in [0.25, 0.3) is 11.8 Å². The summed E-state index contributed by atoms with van der Waals surface area (Å²) in [4.78, 5) is 54.2. The first kappa shape index (κ1) is 21.7. The molecule has 32 heavy (non-hydrogen) atoms. The first-order chi connectivity index (χ1) is 15.4. The van der Waals surface area contributed by atoms with Crippen LogP contribution in [0, 0.1) is 6.92 Å². The van der Waals surface area contributed by atoms with Crippen LogP contribution in [0.25, 0.3) is 0 Å². The fraction of sp³-hybridized carbons (Fsp3) is 0.360. The number of amides is 3. The Labute approximate surface area is 187 Å². The number of nitrogens with zero attached hydrogens (tertiary/aromatic N) is 2. The SMILES string of the molecule is COC(=O)c1ccc(N2C(=O)CC(N(C(=O)c3ccc(C)cc3)C3CCCC3)C2=O)cc1. The molecule has 7 nitrogen and oxygen atoms in total. The fourth-order valence-corrected chi connectivity index (χ4v) is 4.56. The van der Waals surface area contributed by atoms with Crippen molar-refractivity contribution in [3.05, 3.63) is 65.2 Å². The molecule has 1 atom stereocenters. The number of hydrogen-bond acceptors (Lipinski definition) is 5. The van der Waals surface area contributed by atoms with Crippen LogP contribution in [0.1, 0.15) is 58.4 Å². The van der Waals surface area contributed by atoms with Crippen LogP contribution in [0.4, 0.5) is 5.69 Å². The van der Waals surface area contributed by atoms with Gasteiger partial charge in [-0.2, -0.15) is 0 Å². The van der Waals surface area contributed by atoms with E-state index in [1.54, 1.807) is 29.2 Å². The number of aryl methyl sites for hydroxylation is 1. The summed E-state index contributed by atoms with van der Waals surface area (Å²) in [5.74, 6) is -1.48. The monoisotopic (exact) mass is 434 g/mol. The van der Waals surface area contributed by atoms with E-state index in [0.717, 1.165) is 36.1 Å². The molecule has 1 aliphatic carbocycles. The molecule has 1 heterocycles. The zero-order chi connectivity index (χ0) is 22.8. The average Bonchev–Trinajstić information content (AvgIpc) is 3.42. The molecular formula is C25H26N2O5. The van der Waals surface area contributed by atoms with Gasteiger partial charge in [-0.1, -0.05) is 30.5 Å². The molecule has 0 N–H and O–H groups in total. The van der Waals surface area contributed by atoms with Crippen LogP contribution in [0.2, 0.25) is 0 Å². The normalized spacial score (nSPS) is 18.8. The number of hydrogen-bond donors (Lipinski definition) is 0. The smallest absolute Gasteiger partial charge is 0.337 e. The molecule has 2 aliphatic rings. The van der Waals surface area contributed by atoms with Gasteiger partial charge in [-0.3, -0.25) is 14.4 Å². The van der Waals surface area contributed by atoms with Gasteiger partial charge in [0.05, 0.1) is 24.8 Å². The van der Waals surface area contributed by atoms with Gasteiger partial charge < -0.3 is 9.64 Å². The zero-order valence-electron chi connectivity index (χ0n) is 18.2. The highest BCUT2D eigenvalue weighted by Crippen LogP contribution is 2.33. The van der Waals surface area contributed by atoms with Crippen LogP contribution < -0.4 is 4.90 Å². The fourth-order valence-electron chi connectivity index (χ4n) is 4.56. The number of carbonyl (C=O) groups is 4. The van der Waals surface area contributed by atoms with Crippen molar-refractivity contribution < 1.29 is 23.9 Å². The second kappa shape index (κ2) is 8.94. The third kappa shape index (κ3) is 4.02. The summed E-state index contributed by atoms with van der Waals surface area (Å²) in [7, 11) is 1.29. The Morgan fingerprint density at radius 3 is 2.12 bits per heavy atom. The first-order valence-corrected chi connectivity index (χ1v) is 10.8. The number of imide groups is 1. The van der Waals surface area contributed by atoms with Crippen molar-refractivity contribution in [3.8, 4) is 0 Å². The van der Waals surface area contributed by atoms with E-state index in [0.29, 0.717) is 16.8 Å². The molecule has 2 fully saturated rings. The first-order valence-electron chi connectivity index (χ1n) is 10.8. The van der Waals surface area contributed by atoms with Gasteiger partial charge in [-0.15, -0.1) is 0 Å². The predicted molar refractivity (Wildman–Crippen MR) is 118 cm³/mol. The van der Waals surface area contributed by atoms with Gasteiger partial charge in [0.15, 0.2) is 0 Å². The van der Waals surface area contributed by atoms with E-state index in [2.05, 4.69) is 0 Å². The van der Waals surface area contributed by atoms with Gasteiger partial charge in [0.1, 0.15) is 6.04 Å². The number of anilines is 1. The minimum absolute atomic E-state index is 0.0499. The Bertz CT molecular complexity index is 1040.